The number of benzene rings is 1. The van der Waals surface area contributed by atoms with Crippen LogP contribution in [0.25, 0.3) is 0 Å². The van der Waals surface area contributed by atoms with E-state index in [9.17, 15) is 9.59 Å². The fourth-order valence-corrected chi connectivity index (χ4v) is 1.72. The lowest BCUT2D eigenvalue weighted by molar-refractivity contribution is -0.137. The number of carboxylic acids is 1. The summed E-state index contributed by atoms with van der Waals surface area (Å²) in [5.74, 6) is -1.03. The van der Waals surface area contributed by atoms with Crippen LogP contribution >= 0.6 is 0 Å². The number of hydrogen-bond acceptors (Lipinski definition) is 2. The first-order valence-corrected chi connectivity index (χ1v) is 6.10. The first-order chi connectivity index (χ1) is 8.52. The van der Waals surface area contributed by atoms with Gasteiger partial charge in [-0.05, 0) is 18.9 Å². The van der Waals surface area contributed by atoms with Gasteiger partial charge < -0.3 is 10.4 Å². The number of carboxylic acid groups (broad SMARTS) is 1. The average Bonchev–Trinajstić information content (AvgIpc) is 2.28. The fourth-order valence-electron chi connectivity index (χ4n) is 1.72. The van der Waals surface area contributed by atoms with Gasteiger partial charge in [0, 0.05) is 6.42 Å². The van der Waals surface area contributed by atoms with Gasteiger partial charge in [0.15, 0.2) is 0 Å². The zero-order valence-corrected chi connectivity index (χ0v) is 10.8. The smallest absolute Gasteiger partial charge is 0.305 e. The van der Waals surface area contributed by atoms with Crippen molar-refractivity contribution in [1.82, 2.24) is 5.32 Å². The lowest BCUT2D eigenvalue weighted by atomic mass is 10.0. The molecule has 1 unspecified atom stereocenters. The number of nitrogens with one attached hydrogen (secondary N) is 1. The lowest BCUT2D eigenvalue weighted by Crippen LogP contribution is -2.29. The minimum atomic E-state index is -0.919. The van der Waals surface area contributed by atoms with Crippen molar-refractivity contribution in [2.24, 2.45) is 0 Å². The molecule has 98 valence electrons. The van der Waals surface area contributed by atoms with Crippen LogP contribution in [-0.4, -0.2) is 17.0 Å². The molecule has 0 saturated carbocycles. The molecule has 0 radical (unpaired) electrons. The molecule has 4 heteroatoms. The number of carbonyl (C=O) groups is 2. The molecule has 0 aliphatic heterocycles. The minimum Gasteiger partial charge on any atom is -0.481 e. The zero-order valence-electron chi connectivity index (χ0n) is 10.8. The van der Waals surface area contributed by atoms with Crippen molar-refractivity contribution >= 4 is 11.9 Å². The standard InChI is InChI=1S/C14H19NO3/c1-3-4-13(16)15-12(9-14(17)18)11-7-5-10(2)6-8-11/h5-8,12H,3-4,9H2,1-2H3,(H,15,16)(H,17,18). The summed E-state index contributed by atoms with van der Waals surface area (Å²) in [5, 5.41) is 11.7. The lowest BCUT2D eigenvalue weighted by Gasteiger charge is -2.17. The summed E-state index contributed by atoms with van der Waals surface area (Å²) in [7, 11) is 0. The topological polar surface area (TPSA) is 66.4 Å². The molecule has 1 amide bonds. The van der Waals surface area contributed by atoms with Gasteiger partial charge in [-0.1, -0.05) is 36.8 Å². The van der Waals surface area contributed by atoms with E-state index >= 15 is 0 Å². The van der Waals surface area contributed by atoms with Gasteiger partial charge in [-0.3, -0.25) is 9.59 Å². The predicted molar refractivity (Wildman–Crippen MR) is 69.2 cm³/mol. The Morgan fingerprint density at radius 2 is 1.89 bits per heavy atom. The normalized spacial score (nSPS) is 11.9. The highest BCUT2D eigenvalue weighted by atomic mass is 16.4. The molecular formula is C14H19NO3. The number of aryl methyl sites for hydroxylation is 1. The van der Waals surface area contributed by atoms with Crippen molar-refractivity contribution in [3.63, 3.8) is 0 Å². The molecule has 1 aromatic carbocycles. The molecule has 0 heterocycles. The maximum Gasteiger partial charge on any atom is 0.305 e. The number of carbonyl (C=O) groups excluding carboxylic acids is 1. The van der Waals surface area contributed by atoms with Crippen LogP contribution in [0.2, 0.25) is 0 Å². The van der Waals surface area contributed by atoms with E-state index in [1.807, 2.05) is 38.1 Å². The third-order valence-electron chi connectivity index (χ3n) is 2.67. The van der Waals surface area contributed by atoms with Crippen LogP contribution < -0.4 is 5.32 Å². The zero-order chi connectivity index (χ0) is 13.5. The van der Waals surface area contributed by atoms with Crippen molar-refractivity contribution in [2.45, 2.75) is 39.2 Å². The summed E-state index contributed by atoms with van der Waals surface area (Å²) >= 11 is 0. The van der Waals surface area contributed by atoms with Crippen LogP contribution in [0.15, 0.2) is 24.3 Å². The van der Waals surface area contributed by atoms with E-state index in [1.165, 1.54) is 0 Å². The largest absolute Gasteiger partial charge is 0.481 e. The van der Waals surface area contributed by atoms with Gasteiger partial charge in [0.2, 0.25) is 5.91 Å². The Hall–Kier alpha value is -1.84. The van der Waals surface area contributed by atoms with Crippen molar-refractivity contribution < 1.29 is 14.7 Å². The van der Waals surface area contributed by atoms with Crippen LogP contribution in [0.5, 0.6) is 0 Å². The van der Waals surface area contributed by atoms with E-state index in [2.05, 4.69) is 5.32 Å². The molecule has 1 aromatic rings. The molecular weight excluding hydrogens is 230 g/mol. The highest BCUT2D eigenvalue weighted by Crippen LogP contribution is 2.17. The monoisotopic (exact) mass is 249 g/mol. The number of hydrogen-bond donors (Lipinski definition) is 2. The van der Waals surface area contributed by atoms with E-state index in [4.69, 9.17) is 5.11 Å². The third kappa shape index (κ3) is 4.57. The van der Waals surface area contributed by atoms with Crippen molar-refractivity contribution in [1.29, 1.82) is 0 Å². The summed E-state index contributed by atoms with van der Waals surface area (Å²) in [6, 6.07) is 7.08. The van der Waals surface area contributed by atoms with E-state index in [0.717, 1.165) is 17.5 Å². The van der Waals surface area contributed by atoms with Gasteiger partial charge in [0.1, 0.15) is 0 Å². The second kappa shape index (κ2) is 6.79. The molecule has 18 heavy (non-hydrogen) atoms. The van der Waals surface area contributed by atoms with E-state index in [0.29, 0.717) is 6.42 Å². The summed E-state index contributed by atoms with van der Waals surface area (Å²) in [6.45, 7) is 3.88. The molecule has 0 fully saturated rings. The van der Waals surface area contributed by atoms with Gasteiger partial charge in [-0.25, -0.2) is 0 Å². The number of amides is 1. The van der Waals surface area contributed by atoms with Gasteiger partial charge in [-0.15, -0.1) is 0 Å². The van der Waals surface area contributed by atoms with Crippen LogP contribution in [-0.2, 0) is 9.59 Å². The van der Waals surface area contributed by atoms with Crippen LogP contribution in [0, 0.1) is 6.92 Å². The number of aliphatic carboxylic acids is 1. The maximum atomic E-state index is 11.6. The Bertz CT molecular complexity index is 412. The predicted octanol–water partition coefficient (Wildman–Crippen LogP) is 2.43. The van der Waals surface area contributed by atoms with Crippen molar-refractivity contribution in [3.8, 4) is 0 Å². The molecule has 4 nitrogen and oxygen atoms in total. The first kappa shape index (κ1) is 14.2. The van der Waals surface area contributed by atoms with Gasteiger partial charge >= 0.3 is 5.97 Å². The van der Waals surface area contributed by atoms with Crippen LogP contribution in [0.1, 0.15) is 43.4 Å². The molecule has 0 bridgehead atoms. The second-order valence-electron chi connectivity index (χ2n) is 4.38. The van der Waals surface area contributed by atoms with Gasteiger partial charge in [0.25, 0.3) is 0 Å². The van der Waals surface area contributed by atoms with Crippen LogP contribution in [0.3, 0.4) is 0 Å². The number of rotatable bonds is 6. The Kier molecular flexibility index (Phi) is 5.36. The molecule has 0 spiro atoms. The first-order valence-electron chi connectivity index (χ1n) is 6.10. The van der Waals surface area contributed by atoms with E-state index < -0.39 is 12.0 Å². The third-order valence-corrected chi connectivity index (χ3v) is 2.67. The van der Waals surface area contributed by atoms with Gasteiger partial charge in [-0.2, -0.15) is 0 Å². The van der Waals surface area contributed by atoms with Crippen LogP contribution in [0.4, 0.5) is 0 Å². The molecule has 0 aromatic heterocycles. The molecule has 0 aliphatic rings. The molecule has 1 atom stereocenters. The minimum absolute atomic E-state index is 0.0987. The quantitative estimate of drug-likeness (QED) is 0.813. The Balaban J connectivity index is 2.80. The molecule has 0 saturated heterocycles. The van der Waals surface area contributed by atoms with E-state index in [-0.39, 0.29) is 12.3 Å². The Morgan fingerprint density at radius 1 is 1.28 bits per heavy atom. The Labute approximate surface area is 107 Å². The summed E-state index contributed by atoms with van der Waals surface area (Å²) in [4.78, 5) is 22.4. The summed E-state index contributed by atoms with van der Waals surface area (Å²) in [5.41, 5.74) is 1.93. The van der Waals surface area contributed by atoms with Gasteiger partial charge in [0.05, 0.1) is 12.5 Å². The maximum absolute atomic E-state index is 11.6. The highest BCUT2D eigenvalue weighted by Gasteiger charge is 2.17. The summed E-state index contributed by atoms with van der Waals surface area (Å²) in [6.07, 6.45) is 1.07. The molecule has 2 N–H and O–H groups in total. The molecule has 0 aliphatic carbocycles. The SMILES string of the molecule is CCCC(=O)NC(CC(=O)O)c1ccc(C)cc1. The molecule has 1 rings (SSSR count). The van der Waals surface area contributed by atoms with Crippen molar-refractivity contribution in [3.05, 3.63) is 35.4 Å². The second-order valence-corrected chi connectivity index (χ2v) is 4.38. The average molecular weight is 249 g/mol. The van der Waals surface area contributed by atoms with E-state index in [1.54, 1.807) is 0 Å². The Morgan fingerprint density at radius 3 is 2.39 bits per heavy atom. The fraction of sp³-hybridized carbons (Fsp3) is 0.429. The summed E-state index contributed by atoms with van der Waals surface area (Å²) < 4.78 is 0. The van der Waals surface area contributed by atoms with Crippen molar-refractivity contribution in [2.75, 3.05) is 0 Å². The highest BCUT2D eigenvalue weighted by molar-refractivity contribution is 5.77.